The Bertz CT molecular complexity index is 873. The first-order chi connectivity index (χ1) is 10.5. The Morgan fingerprint density at radius 1 is 0.955 bits per heavy atom. The van der Waals surface area contributed by atoms with Crippen molar-refractivity contribution in [2.75, 3.05) is 4.72 Å². The van der Waals surface area contributed by atoms with E-state index in [1.54, 1.807) is 36.4 Å². The van der Waals surface area contributed by atoms with Crippen LogP contribution in [0, 0.1) is 0 Å². The van der Waals surface area contributed by atoms with E-state index in [1.807, 2.05) is 30.5 Å². The second kappa shape index (κ2) is 5.98. The Morgan fingerprint density at radius 2 is 1.73 bits per heavy atom. The molecule has 3 aromatic rings. The second-order valence-corrected chi connectivity index (χ2v) is 7.32. The Hall–Kier alpha value is -2.05. The largest absolute Gasteiger partial charge is 0.361 e. The number of benzene rings is 2. The molecule has 1 heterocycles. The van der Waals surface area contributed by atoms with Gasteiger partial charge in [0.05, 0.1) is 4.90 Å². The van der Waals surface area contributed by atoms with E-state index in [0.29, 0.717) is 5.69 Å². The highest BCUT2D eigenvalue weighted by atomic mass is 79.9. The average Bonchev–Trinajstić information content (AvgIpc) is 3.02. The molecular weight excluding hydrogens is 364 g/mol. The van der Waals surface area contributed by atoms with Crippen LogP contribution in [0.2, 0.25) is 0 Å². The molecule has 0 unspecified atom stereocenters. The molecule has 112 valence electrons. The molecule has 0 amide bonds. The lowest BCUT2D eigenvalue weighted by molar-refractivity contribution is 0.601. The third-order valence-corrected chi connectivity index (χ3v) is 5.02. The van der Waals surface area contributed by atoms with Crippen molar-refractivity contribution in [3.63, 3.8) is 0 Å². The number of H-pyrrole nitrogens is 1. The van der Waals surface area contributed by atoms with Crippen LogP contribution < -0.4 is 4.72 Å². The summed E-state index contributed by atoms with van der Waals surface area (Å²) in [7, 11) is -3.59. The number of hydrogen-bond donors (Lipinski definition) is 2. The summed E-state index contributed by atoms with van der Waals surface area (Å²) >= 11 is 3.28. The minimum Gasteiger partial charge on any atom is -0.361 e. The summed E-state index contributed by atoms with van der Waals surface area (Å²) in [5.74, 6) is 0. The summed E-state index contributed by atoms with van der Waals surface area (Å²) in [6.07, 6.45) is 1.85. The zero-order chi connectivity index (χ0) is 15.6. The van der Waals surface area contributed by atoms with Gasteiger partial charge in [-0.2, -0.15) is 0 Å². The molecule has 2 N–H and O–H groups in total. The van der Waals surface area contributed by atoms with Crippen LogP contribution in [0.15, 0.2) is 76.2 Å². The van der Waals surface area contributed by atoms with E-state index < -0.39 is 10.0 Å². The maximum absolute atomic E-state index is 12.3. The van der Waals surface area contributed by atoms with Gasteiger partial charge in [-0.3, -0.25) is 4.72 Å². The summed E-state index contributed by atoms with van der Waals surface area (Å²) in [4.78, 5) is 3.33. The number of rotatable bonds is 4. The van der Waals surface area contributed by atoms with Crippen molar-refractivity contribution in [1.29, 1.82) is 0 Å². The molecule has 4 nitrogen and oxygen atoms in total. The Morgan fingerprint density at radius 3 is 2.36 bits per heavy atom. The van der Waals surface area contributed by atoms with Crippen molar-refractivity contribution in [2.45, 2.75) is 4.90 Å². The van der Waals surface area contributed by atoms with E-state index in [2.05, 4.69) is 25.6 Å². The van der Waals surface area contributed by atoms with Crippen molar-refractivity contribution in [1.82, 2.24) is 4.98 Å². The summed E-state index contributed by atoms with van der Waals surface area (Å²) in [6.45, 7) is 0. The number of hydrogen-bond acceptors (Lipinski definition) is 2. The standard InChI is InChI=1S/C16H13BrN2O2S/c17-13-3-1-4-15(11-13)22(20,21)19-14-8-6-12(7-9-14)16-5-2-10-18-16/h1-11,18-19H. The average molecular weight is 377 g/mol. The first-order valence-corrected chi connectivity index (χ1v) is 8.84. The maximum atomic E-state index is 12.3. The summed E-state index contributed by atoms with van der Waals surface area (Å²) in [5, 5.41) is 0. The molecule has 0 aliphatic heterocycles. The molecule has 0 bridgehead atoms. The zero-order valence-electron chi connectivity index (χ0n) is 11.5. The molecule has 0 radical (unpaired) electrons. The minimum absolute atomic E-state index is 0.218. The van der Waals surface area contributed by atoms with Crippen LogP contribution in [0.3, 0.4) is 0 Å². The number of anilines is 1. The maximum Gasteiger partial charge on any atom is 0.261 e. The lowest BCUT2D eigenvalue weighted by Crippen LogP contribution is -2.12. The summed E-state index contributed by atoms with van der Waals surface area (Å²) in [6, 6.07) is 17.7. The third kappa shape index (κ3) is 3.23. The molecule has 22 heavy (non-hydrogen) atoms. The zero-order valence-corrected chi connectivity index (χ0v) is 13.9. The number of aromatic nitrogens is 1. The van der Waals surface area contributed by atoms with Gasteiger partial charge in [-0.1, -0.05) is 34.1 Å². The van der Waals surface area contributed by atoms with E-state index in [1.165, 1.54) is 0 Å². The van der Waals surface area contributed by atoms with Crippen LogP contribution >= 0.6 is 15.9 Å². The highest BCUT2D eigenvalue weighted by Crippen LogP contribution is 2.22. The van der Waals surface area contributed by atoms with Crippen molar-refractivity contribution in [3.8, 4) is 11.3 Å². The molecule has 2 aromatic carbocycles. The molecule has 3 rings (SSSR count). The minimum atomic E-state index is -3.59. The van der Waals surface area contributed by atoms with Gasteiger partial charge >= 0.3 is 0 Å². The van der Waals surface area contributed by atoms with Crippen LogP contribution in [-0.4, -0.2) is 13.4 Å². The quantitative estimate of drug-likeness (QED) is 0.714. The monoisotopic (exact) mass is 376 g/mol. The highest BCUT2D eigenvalue weighted by Gasteiger charge is 2.14. The Labute approximate surface area is 137 Å². The van der Waals surface area contributed by atoms with Crippen LogP contribution in [-0.2, 0) is 10.0 Å². The van der Waals surface area contributed by atoms with E-state index in [4.69, 9.17) is 0 Å². The molecule has 0 saturated carbocycles. The van der Waals surface area contributed by atoms with Crippen LogP contribution in [0.25, 0.3) is 11.3 Å². The van der Waals surface area contributed by atoms with Gasteiger partial charge in [0.15, 0.2) is 0 Å². The molecule has 0 aliphatic carbocycles. The number of sulfonamides is 1. The fourth-order valence-electron chi connectivity index (χ4n) is 2.08. The third-order valence-electron chi connectivity index (χ3n) is 3.15. The summed E-state index contributed by atoms with van der Waals surface area (Å²) in [5.41, 5.74) is 2.51. The molecule has 0 fully saturated rings. The Balaban J connectivity index is 1.84. The lowest BCUT2D eigenvalue weighted by Gasteiger charge is -2.09. The van der Waals surface area contributed by atoms with Gasteiger partial charge in [0.1, 0.15) is 0 Å². The predicted octanol–water partition coefficient (Wildman–Crippen LogP) is 4.25. The number of nitrogens with one attached hydrogen (secondary N) is 2. The first-order valence-electron chi connectivity index (χ1n) is 6.57. The first kappa shape index (κ1) is 14.9. The fourth-order valence-corrected chi connectivity index (χ4v) is 3.73. The number of halogens is 1. The van der Waals surface area contributed by atoms with Gasteiger partial charge in [0.2, 0.25) is 0 Å². The van der Waals surface area contributed by atoms with Crippen LogP contribution in [0.1, 0.15) is 0 Å². The van der Waals surface area contributed by atoms with Gasteiger partial charge in [0, 0.05) is 22.1 Å². The molecule has 0 atom stereocenters. The van der Waals surface area contributed by atoms with E-state index in [9.17, 15) is 8.42 Å². The van der Waals surface area contributed by atoms with Crippen LogP contribution in [0.5, 0.6) is 0 Å². The van der Waals surface area contributed by atoms with E-state index in [-0.39, 0.29) is 4.90 Å². The second-order valence-electron chi connectivity index (χ2n) is 4.72. The van der Waals surface area contributed by atoms with Crippen LogP contribution in [0.4, 0.5) is 5.69 Å². The lowest BCUT2D eigenvalue weighted by atomic mass is 10.1. The van der Waals surface area contributed by atoms with E-state index in [0.717, 1.165) is 15.7 Å². The molecule has 6 heteroatoms. The van der Waals surface area contributed by atoms with Gasteiger partial charge in [-0.25, -0.2) is 8.42 Å². The van der Waals surface area contributed by atoms with Gasteiger partial charge in [0.25, 0.3) is 10.0 Å². The van der Waals surface area contributed by atoms with Gasteiger partial charge in [-0.05, 0) is 48.0 Å². The van der Waals surface area contributed by atoms with Crippen molar-refractivity contribution >= 4 is 31.6 Å². The normalized spacial score (nSPS) is 11.3. The predicted molar refractivity (Wildman–Crippen MR) is 91.2 cm³/mol. The molecular formula is C16H13BrN2O2S. The SMILES string of the molecule is O=S(=O)(Nc1ccc(-c2ccc[nH]2)cc1)c1cccc(Br)c1. The van der Waals surface area contributed by atoms with Crippen molar-refractivity contribution in [3.05, 3.63) is 71.3 Å². The molecule has 0 saturated heterocycles. The van der Waals surface area contributed by atoms with E-state index >= 15 is 0 Å². The fraction of sp³-hybridized carbons (Fsp3) is 0. The van der Waals surface area contributed by atoms with Crippen molar-refractivity contribution < 1.29 is 8.42 Å². The highest BCUT2D eigenvalue weighted by molar-refractivity contribution is 9.10. The Kier molecular flexibility index (Phi) is 4.04. The smallest absolute Gasteiger partial charge is 0.261 e. The molecule has 1 aromatic heterocycles. The summed E-state index contributed by atoms with van der Waals surface area (Å²) < 4.78 is 28.0. The van der Waals surface area contributed by atoms with Gasteiger partial charge < -0.3 is 4.98 Å². The molecule has 0 aliphatic rings. The molecule has 0 spiro atoms. The van der Waals surface area contributed by atoms with Gasteiger partial charge in [-0.15, -0.1) is 0 Å². The number of aromatic amines is 1. The van der Waals surface area contributed by atoms with Crippen molar-refractivity contribution in [2.24, 2.45) is 0 Å². The topological polar surface area (TPSA) is 62.0 Å².